The van der Waals surface area contributed by atoms with Crippen molar-refractivity contribution in [1.29, 1.82) is 0 Å². The van der Waals surface area contributed by atoms with Crippen LogP contribution >= 0.6 is 0 Å². The Kier molecular flexibility index (Phi) is 7.10. The van der Waals surface area contributed by atoms with Crippen molar-refractivity contribution in [3.63, 3.8) is 0 Å². The van der Waals surface area contributed by atoms with E-state index < -0.39 is 0 Å². The highest BCUT2D eigenvalue weighted by molar-refractivity contribution is 5.73. The van der Waals surface area contributed by atoms with Crippen molar-refractivity contribution in [2.24, 2.45) is 0 Å². The number of rotatable bonds is 9. The molecule has 0 spiro atoms. The summed E-state index contributed by atoms with van der Waals surface area (Å²) in [6, 6.07) is 15.5. The Bertz CT molecular complexity index is 908. The fourth-order valence-corrected chi connectivity index (χ4v) is 3.01. The number of urea groups is 1. The maximum Gasteiger partial charge on any atom is 0.314 e. The molecule has 1 heterocycles. The minimum absolute atomic E-state index is 0.181. The van der Waals surface area contributed by atoms with Gasteiger partial charge in [-0.1, -0.05) is 12.1 Å². The minimum Gasteiger partial charge on any atom is -0.497 e. The number of nitrogens with one attached hydrogen (secondary N) is 2. The second-order valence-corrected chi connectivity index (χ2v) is 6.48. The average molecular weight is 394 g/mol. The third kappa shape index (κ3) is 5.75. The van der Waals surface area contributed by atoms with Gasteiger partial charge in [0.25, 0.3) is 0 Å². The number of amides is 2. The second-order valence-electron chi connectivity index (χ2n) is 6.48. The summed E-state index contributed by atoms with van der Waals surface area (Å²) in [5.74, 6) is 1.55. The summed E-state index contributed by atoms with van der Waals surface area (Å²) in [5, 5.41) is 9.97. The maximum absolute atomic E-state index is 12.0. The summed E-state index contributed by atoms with van der Waals surface area (Å²) in [5.41, 5.74) is 3.16. The summed E-state index contributed by atoms with van der Waals surface area (Å²) in [7, 11) is 3.26. The topological polar surface area (TPSA) is 77.4 Å². The van der Waals surface area contributed by atoms with Crippen molar-refractivity contribution < 1.29 is 14.3 Å². The molecule has 0 radical (unpaired) electrons. The predicted molar refractivity (Wildman–Crippen MR) is 112 cm³/mol. The highest BCUT2D eigenvalue weighted by Gasteiger charge is 2.06. The van der Waals surface area contributed by atoms with Crippen molar-refractivity contribution in [2.45, 2.75) is 12.8 Å². The number of hydrogen-bond donors (Lipinski definition) is 2. The largest absolute Gasteiger partial charge is 0.497 e. The zero-order valence-corrected chi connectivity index (χ0v) is 16.7. The van der Waals surface area contributed by atoms with E-state index in [1.54, 1.807) is 20.4 Å². The Morgan fingerprint density at radius 2 is 1.76 bits per heavy atom. The van der Waals surface area contributed by atoms with Gasteiger partial charge in [-0.2, -0.15) is 5.10 Å². The highest BCUT2D eigenvalue weighted by Crippen LogP contribution is 2.24. The molecular weight excluding hydrogens is 368 g/mol. The Labute approximate surface area is 170 Å². The van der Waals surface area contributed by atoms with Gasteiger partial charge in [0.2, 0.25) is 0 Å². The third-order valence-corrected chi connectivity index (χ3v) is 4.57. The molecule has 2 amide bonds. The molecule has 7 nitrogen and oxygen atoms in total. The molecule has 0 unspecified atom stereocenters. The van der Waals surface area contributed by atoms with Crippen LogP contribution < -0.4 is 20.1 Å². The van der Waals surface area contributed by atoms with Gasteiger partial charge in [0.05, 0.1) is 19.9 Å². The molecule has 3 aromatic rings. The lowest BCUT2D eigenvalue weighted by molar-refractivity contribution is 0.241. The summed E-state index contributed by atoms with van der Waals surface area (Å²) in [4.78, 5) is 12.0. The van der Waals surface area contributed by atoms with E-state index in [9.17, 15) is 4.79 Å². The van der Waals surface area contributed by atoms with Crippen LogP contribution in [0.1, 0.15) is 11.1 Å². The van der Waals surface area contributed by atoms with Crippen molar-refractivity contribution >= 4 is 6.03 Å². The van der Waals surface area contributed by atoms with Crippen LogP contribution in [0.2, 0.25) is 0 Å². The smallest absolute Gasteiger partial charge is 0.314 e. The molecular formula is C22H26N4O3. The zero-order chi connectivity index (χ0) is 20.5. The van der Waals surface area contributed by atoms with Crippen LogP contribution in [-0.4, -0.2) is 43.1 Å². The van der Waals surface area contributed by atoms with Gasteiger partial charge in [-0.3, -0.25) is 0 Å². The molecule has 0 aliphatic heterocycles. The highest BCUT2D eigenvalue weighted by atomic mass is 16.5. The molecule has 0 aliphatic carbocycles. The summed E-state index contributed by atoms with van der Waals surface area (Å²) >= 11 is 0. The van der Waals surface area contributed by atoms with Gasteiger partial charge in [0.1, 0.15) is 11.5 Å². The van der Waals surface area contributed by atoms with Gasteiger partial charge in [-0.25, -0.2) is 9.48 Å². The lowest BCUT2D eigenvalue weighted by Gasteiger charge is -2.12. The van der Waals surface area contributed by atoms with Crippen LogP contribution in [0.4, 0.5) is 4.79 Å². The monoisotopic (exact) mass is 394 g/mol. The SMILES string of the molecule is COc1ccc(OC)c(CCNC(=O)NCCc2ccc(-n3cccn3)cc2)c1. The second kappa shape index (κ2) is 10.2. The molecule has 2 N–H and O–H groups in total. The Morgan fingerprint density at radius 3 is 2.41 bits per heavy atom. The number of aromatic nitrogens is 2. The first-order chi connectivity index (χ1) is 14.2. The molecule has 3 rings (SSSR count). The number of hydrogen-bond acceptors (Lipinski definition) is 4. The van der Waals surface area contributed by atoms with Crippen molar-refractivity contribution in [1.82, 2.24) is 20.4 Å². The van der Waals surface area contributed by atoms with Gasteiger partial charge in [-0.05, 0) is 60.4 Å². The molecule has 29 heavy (non-hydrogen) atoms. The Hall–Kier alpha value is -3.48. The summed E-state index contributed by atoms with van der Waals surface area (Å²) in [6.45, 7) is 1.07. The van der Waals surface area contributed by atoms with Crippen LogP contribution in [0.15, 0.2) is 60.9 Å². The van der Waals surface area contributed by atoms with Crippen LogP contribution in [0.25, 0.3) is 5.69 Å². The van der Waals surface area contributed by atoms with E-state index in [-0.39, 0.29) is 6.03 Å². The molecule has 152 valence electrons. The van der Waals surface area contributed by atoms with E-state index in [0.717, 1.165) is 34.7 Å². The summed E-state index contributed by atoms with van der Waals surface area (Å²) in [6.07, 6.45) is 5.07. The summed E-state index contributed by atoms with van der Waals surface area (Å²) < 4.78 is 12.4. The normalized spacial score (nSPS) is 10.4. The molecule has 7 heteroatoms. The molecule has 0 saturated heterocycles. The maximum atomic E-state index is 12.0. The minimum atomic E-state index is -0.181. The van der Waals surface area contributed by atoms with Gasteiger partial charge >= 0.3 is 6.03 Å². The standard InChI is InChI=1S/C22H26N4O3/c1-28-20-8-9-21(29-2)18(16-20)11-14-24-22(27)23-13-10-17-4-6-19(7-5-17)26-15-3-12-25-26/h3-9,12,15-16H,10-11,13-14H2,1-2H3,(H2,23,24,27). The first-order valence-corrected chi connectivity index (χ1v) is 9.51. The van der Waals surface area contributed by atoms with Gasteiger partial charge in [0, 0.05) is 25.5 Å². The number of methoxy groups -OCH3 is 2. The lowest BCUT2D eigenvalue weighted by atomic mass is 10.1. The zero-order valence-electron chi connectivity index (χ0n) is 16.7. The van der Waals surface area contributed by atoms with E-state index in [4.69, 9.17) is 9.47 Å². The first kappa shape index (κ1) is 20.3. The molecule has 0 saturated carbocycles. The lowest BCUT2D eigenvalue weighted by Crippen LogP contribution is -2.37. The average Bonchev–Trinajstić information content (AvgIpc) is 3.29. The van der Waals surface area contributed by atoms with Crippen LogP contribution in [-0.2, 0) is 12.8 Å². The van der Waals surface area contributed by atoms with E-state index >= 15 is 0 Å². The molecule has 2 aromatic carbocycles. The number of carbonyl (C=O) groups is 1. The fraction of sp³-hybridized carbons (Fsp3) is 0.273. The van der Waals surface area contributed by atoms with E-state index in [0.29, 0.717) is 19.5 Å². The van der Waals surface area contributed by atoms with Crippen molar-refractivity contribution in [2.75, 3.05) is 27.3 Å². The van der Waals surface area contributed by atoms with E-state index in [1.165, 1.54) is 0 Å². The predicted octanol–water partition coefficient (Wildman–Crippen LogP) is 2.97. The van der Waals surface area contributed by atoms with Gasteiger partial charge < -0.3 is 20.1 Å². The molecule has 0 aliphatic rings. The third-order valence-electron chi connectivity index (χ3n) is 4.57. The quantitative estimate of drug-likeness (QED) is 0.585. The van der Waals surface area contributed by atoms with Gasteiger partial charge in [-0.15, -0.1) is 0 Å². The molecule has 0 fully saturated rings. The van der Waals surface area contributed by atoms with Crippen LogP contribution in [0, 0.1) is 0 Å². The number of ether oxygens (including phenoxy) is 2. The van der Waals surface area contributed by atoms with Crippen molar-refractivity contribution in [3.05, 3.63) is 72.1 Å². The van der Waals surface area contributed by atoms with Crippen LogP contribution in [0.5, 0.6) is 11.5 Å². The molecule has 0 bridgehead atoms. The van der Waals surface area contributed by atoms with Crippen LogP contribution in [0.3, 0.4) is 0 Å². The Balaban J connectivity index is 1.39. The van der Waals surface area contributed by atoms with E-state index in [2.05, 4.69) is 15.7 Å². The van der Waals surface area contributed by atoms with Crippen molar-refractivity contribution in [3.8, 4) is 17.2 Å². The first-order valence-electron chi connectivity index (χ1n) is 9.51. The molecule has 0 atom stereocenters. The number of carbonyl (C=O) groups excluding carboxylic acids is 1. The number of benzene rings is 2. The fourth-order valence-electron chi connectivity index (χ4n) is 3.01. The molecule has 1 aromatic heterocycles. The number of nitrogens with zero attached hydrogens (tertiary/aromatic N) is 2. The Morgan fingerprint density at radius 1 is 1.00 bits per heavy atom. The van der Waals surface area contributed by atoms with E-state index in [1.807, 2.05) is 59.4 Å². The van der Waals surface area contributed by atoms with Gasteiger partial charge in [0.15, 0.2) is 0 Å².